The molecule has 1 aliphatic rings. The van der Waals surface area contributed by atoms with Crippen LogP contribution in [0.1, 0.15) is 20.3 Å². The molecular weight excluding hydrogens is 226 g/mol. The highest BCUT2D eigenvalue weighted by Crippen LogP contribution is 2.12. The molecule has 92 valence electrons. The van der Waals surface area contributed by atoms with E-state index in [0.717, 1.165) is 26.1 Å². The van der Waals surface area contributed by atoms with Crippen LogP contribution in [0, 0.1) is 11.3 Å². The molecule has 0 aromatic rings. The van der Waals surface area contributed by atoms with E-state index >= 15 is 0 Å². The Morgan fingerprint density at radius 3 is 2.31 bits per heavy atom. The third kappa shape index (κ3) is 2.94. The number of piperazine rings is 1. The smallest absolute Gasteiger partial charge is 0.230 e. The van der Waals surface area contributed by atoms with Crippen molar-refractivity contribution < 1.29 is 8.42 Å². The fourth-order valence-electron chi connectivity index (χ4n) is 1.81. The molecule has 0 bridgehead atoms. The van der Waals surface area contributed by atoms with Crippen molar-refractivity contribution in [2.75, 3.05) is 32.7 Å². The minimum atomic E-state index is -3.40. The standard InChI is InChI=1S/C10H19N3O2S/c1-3-4-12-5-7-13(8-6-12)16(14,15)10(2)9-11/h10H,3-8H2,1-2H3. The van der Waals surface area contributed by atoms with Gasteiger partial charge in [-0.2, -0.15) is 9.57 Å². The Balaban J connectivity index is 2.58. The second-order valence-electron chi connectivity index (χ2n) is 4.06. The quantitative estimate of drug-likeness (QED) is 0.712. The van der Waals surface area contributed by atoms with Crippen LogP contribution in [0.3, 0.4) is 0 Å². The van der Waals surface area contributed by atoms with E-state index in [4.69, 9.17) is 5.26 Å². The number of nitrogens with zero attached hydrogens (tertiary/aromatic N) is 3. The first kappa shape index (κ1) is 13.4. The van der Waals surface area contributed by atoms with E-state index in [0.29, 0.717) is 13.1 Å². The average molecular weight is 245 g/mol. The van der Waals surface area contributed by atoms with Crippen LogP contribution in [0.5, 0.6) is 0 Å². The lowest BCUT2D eigenvalue weighted by Crippen LogP contribution is -2.50. The van der Waals surface area contributed by atoms with Gasteiger partial charge < -0.3 is 4.90 Å². The summed E-state index contributed by atoms with van der Waals surface area (Å²) in [7, 11) is -3.40. The fraction of sp³-hybridized carbons (Fsp3) is 0.900. The molecule has 0 N–H and O–H groups in total. The highest BCUT2D eigenvalue weighted by atomic mass is 32.2. The second-order valence-corrected chi connectivity index (χ2v) is 6.31. The van der Waals surface area contributed by atoms with Crippen LogP contribution < -0.4 is 0 Å². The molecule has 1 atom stereocenters. The van der Waals surface area contributed by atoms with Gasteiger partial charge in [0.05, 0.1) is 6.07 Å². The number of rotatable bonds is 4. The van der Waals surface area contributed by atoms with Crippen LogP contribution >= 0.6 is 0 Å². The molecule has 0 saturated carbocycles. The predicted octanol–water partition coefficient (Wildman–Crippen LogP) is 0.256. The molecule has 0 amide bonds. The largest absolute Gasteiger partial charge is 0.301 e. The Morgan fingerprint density at radius 2 is 1.88 bits per heavy atom. The molecule has 5 nitrogen and oxygen atoms in total. The predicted molar refractivity (Wildman–Crippen MR) is 62.3 cm³/mol. The van der Waals surface area contributed by atoms with Crippen molar-refractivity contribution in [1.29, 1.82) is 5.26 Å². The van der Waals surface area contributed by atoms with E-state index in [9.17, 15) is 8.42 Å². The van der Waals surface area contributed by atoms with Crippen molar-refractivity contribution in [3.05, 3.63) is 0 Å². The van der Waals surface area contributed by atoms with Gasteiger partial charge in [0, 0.05) is 26.2 Å². The monoisotopic (exact) mass is 245 g/mol. The topological polar surface area (TPSA) is 64.4 Å². The number of sulfonamides is 1. The SMILES string of the molecule is CCCN1CCN(S(=O)(=O)C(C)C#N)CC1. The molecule has 0 aliphatic carbocycles. The second kappa shape index (κ2) is 5.62. The summed E-state index contributed by atoms with van der Waals surface area (Å²) in [4.78, 5) is 2.25. The minimum absolute atomic E-state index is 0.508. The van der Waals surface area contributed by atoms with Gasteiger partial charge in [0.1, 0.15) is 0 Å². The highest BCUT2D eigenvalue weighted by Gasteiger charge is 2.31. The molecule has 0 aromatic heterocycles. The fourth-order valence-corrected chi connectivity index (χ4v) is 3.07. The van der Waals surface area contributed by atoms with E-state index in [1.165, 1.54) is 11.2 Å². The van der Waals surface area contributed by atoms with Gasteiger partial charge in [0.2, 0.25) is 10.0 Å². The van der Waals surface area contributed by atoms with Gasteiger partial charge in [0.15, 0.2) is 5.25 Å². The minimum Gasteiger partial charge on any atom is -0.301 e. The van der Waals surface area contributed by atoms with E-state index in [2.05, 4.69) is 11.8 Å². The molecule has 1 fully saturated rings. The van der Waals surface area contributed by atoms with Crippen molar-refractivity contribution in [1.82, 2.24) is 9.21 Å². The first-order valence-corrected chi connectivity index (χ1v) is 7.13. The summed E-state index contributed by atoms with van der Waals surface area (Å²) in [6, 6.07) is 1.80. The Kier molecular flexibility index (Phi) is 4.71. The van der Waals surface area contributed by atoms with Crippen LogP contribution in [-0.4, -0.2) is 55.6 Å². The third-order valence-corrected chi connectivity index (χ3v) is 4.94. The normalized spacial score (nSPS) is 21.6. The summed E-state index contributed by atoms with van der Waals surface area (Å²) in [5.41, 5.74) is 0. The van der Waals surface area contributed by atoms with Crippen LogP contribution in [0.4, 0.5) is 0 Å². The summed E-state index contributed by atoms with van der Waals surface area (Å²) >= 11 is 0. The zero-order valence-corrected chi connectivity index (χ0v) is 10.7. The van der Waals surface area contributed by atoms with E-state index in [1.54, 1.807) is 6.07 Å². The summed E-state index contributed by atoms with van der Waals surface area (Å²) < 4.78 is 25.2. The molecular formula is C10H19N3O2S. The highest BCUT2D eigenvalue weighted by molar-refractivity contribution is 7.89. The molecule has 16 heavy (non-hydrogen) atoms. The van der Waals surface area contributed by atoms with Gasteiger partial charge in [-0.05, 0) is 19.9 Å². The molecule has 0 aromatic carbocycles. The molecule has 1 rings (SSSR count). The third-order valence-electron chi connectivity index (χ3n) is 2.86. The summed E-state index contributed by atoms with van der Waals surface area (Å²) in [5.74, 6) is 0. The Labute approximate surface area is 97.7 Å². The van der Waals surface area contributed by atoms with Crippen molar-refractivity contribution in [3.8, 4) is 6.07 Å². The number of hydrogen-bond donors (Lipinski definition) is 0. The molecule has 0 radical (unpaired) electrons. The first-order valence-electron chi connectivity index (χ1n) is 5.63. The summed E-state index contributed by atoms with van der Waals surface area (Å²) in [5, 5.41) is 7.73. The van der Waals surface area contributed by atoms with Crippen LogP contribution in [0.2, 0.25) is 0 Å². The number of hydrogen-bond acceptors (Lipinski definition) is 4. The summed E-state index contributed by atoms with van der Waals surface area (Å²) in [6.45, 7) is 7.12. The average Bonchev–Trinajstić information content (AvgIpc) is 2.29. The molecule has 1 aliphatic heterocycles. The van der Waals surface area contributed by atoms with Gasteiger partial charge in [-0.3, -0.25) is 0 Å². The van der Waals surface area contributed by atoms with Gasteiger partial charge in [0.25, 0.3) is 0 Å². The van der Waals surface area contributed by atoms with Crippen LogP contribution in [-0.2, 0) is 10.0 Å². The first-order chi connectivity index (χ1) is 7.52. The maximum absolute atomic E-state index is 11.9. The molecule has 0 spiro atoms. The lowest BCUT2D eigenvalue weighted by atomic mass is 10.3. The molecule has 1 heterocycles. The van der Waals surface area contributed by atoms with Gasteiger partial charge in [-0.1, -0.05) is 6.92 Å². The van der Waals surface area contributed by atoms with Crippen molar-refractivity contribution >= 4 is 10.0 Å². The maximum atomic E-state index is 11.9. The maximum Gasteiger partial charge on any atom is 0.230 e. The van der Waals surface area contributed by atoms with Crippen LogP contribution in [0.25, 0.3) is 0 Å². The van der Waals surface area contributed by atoms with E-state index in [-0.39, 0.29) is 0 Å². The zero-order valence-electron chi connectivity index (χ0n) is 9.89. The van der Waals surface area contributed by atoms with Crippen LogP contribution in [0.15, 0.2) is 0 Å². The van der Waals surface area contributed by atoms with Gasteiger partial charge in [-0.15, -0.1) is 0 Å². The Morgan fingerprint density at radius 1 is 1.31 bits per heavy atom. The zero-order chi connectivity index (χ0) is 12.2. The van der Waals surface area contributed by atoms with Gasteiger partial charge in [-0.25, -0.2) is 8.42 Å². The van der Waals surface area contributed by atoms with E-state index < -0.39 is 15.3 Å². The van der Waals surface area contributed by atoms with Gasteiger partial charge >= 0.3 is 0 Å². The Bertz CT molecular complexity index is 353. The molecule has 1 unspecified atom stereocenters. The molecule has 6 heteroatoms. The van der Waals surface area contributed by atoms with Crippen molar-refractivity contribution in [2.24, 2.45) is 0 Å². The van der Waals surface area contributed by atoms with Crippen molar-refractivity contribution in [3.63, 3.8) is 0 Å². The molecule has 1 saturated heterocycles. The van der Waals surface area contributed by atoms with E-state index in [1.807, 2.05) is 0 Å². The van der Waals surface area contributed by atoms with Crippen molar-refractivity contribution in [2.45, 2.75) is 25.5 Å². The summed E-state index contributed by atoms with van der Waals surface area (Å²) in [6.07, 6.45) is 1.08. The lowest BCUT2D eigenvalue weighted by Gasteiger charge is -2.34. The lowest BCUT2D eigenvalue weighted by molar-refractivity contribution is 0.188. The Hall–Kier alpha value is -0.640. The number of nitriles is 1.